The molecule has 0 saturated heterocycles. The fourth-order valence-electron chi connectivity index (χ4n) is 2.38. The van der Waals surface area contributed by atoms with Crippen molar-refractivity contribution < 1.29 is 13.6 Å². The van der Waals surface area contributed by atoms with Crippen molar-refractivity contribution in [2.24, 2.45) is 0 Å². The van der Waals surface area contributed by atoms with Crippen LogP contribution in [0.2, 0.25) is 0 Å². The molecule has 0 radical (unpaired) electrons. The minimum atomic E-state index is -0.272. The van der Waals surface area contributed by atoms with Gasteiger partial charge in [0.1, 0.15) is 17.3 Å². The summed E-state index contributed by atoms with van der Waals surface area (Å²) in [6.45, 7) is 2.16. The van der Waals surface area contributed by atoms with E-state index in [-0.39, 0.29) is 17.8 Å². The quantitative estimate of drug-likeness (QED) is 0.784. The summed E-state index contributed by atoms with van der Waals surface area (Å²) in [7, 11) is 0. The minimum absolute atomic E-state index is 0.111. The number of furan rings is 1. The van der Waals surface area contributed by atoms with Crippen LogP contribution in [0.4, 0.5) is 4.39 Å². The number of hydrogen-bond acceptors (Lipinski definition) is 2. The molecule has 4 heteroatoms. The zero-order valence-electron chi connectivity index (χ0n) is 12.5. The van der Waals surface area contributed by atoms with Crippen molar-refractivity contribution >= 4 is 12.0 Å². The van der Waals surface area contributed by atoms with Crippen LogP contribution in [0.25, 0.3) is 6.08 Å². The van der Waals surface area contributed by atoms with Crippen molar-refractivity contribution in [1.82, 2.24) is 4.90 Å². The monoisotopic (exact) mass is 299 g/mol. The van der Waals surface area contributed by atoms with Crippen molar-refractivity contribution in [2.75, 3.05) is 0 Å². The first-order chi connectivity index (χ1) is 10.6. The van der Waals surface area contributed by atoms with Crippen molar-refractivity contribution in [3.8, 4) is 0 Å². The first kappa shape index (κ1) is 14.6. The van der Waals surface area contributed by atoms with Gasteiger partial charge in [0, 0.05) is 24.2 Å². The molecule has 3 rings (SSSR count). The van der Waals surface area contributed by atoms with E-state index >= 15 is 0 Å². The summed E-state index contributed by atoms with van der Waals surface area (Å²) < 4.78 is 19.2. The number of halogens is 1. The summed E-state index contributed by atoms with van der Waals surface area (Å²) in [4.78, 5) is 14.1. The van der Waals surface area contributed by atoms with Crippen LogP contribution < -0.4 is 0 Å². The van der Waals surface area contributed by atoms with Crippen LogP contribution in [-0.4, -0.2) is 16.8 Å². The lowest BCUT2D eigenvalue weighted by molar-refractivity contribution is -0.127. The van der Waals surface area contributed by atoms with E-state index in [0.29, 0.717) is 17.9 Å². The normalized spacial score (nSPS) is 14.5. The van der Waals surface area contributed by atoms with Crippen molar-refractivity contribution in [3.05, 3.63) is 65.4 Å². The summed E-state index contributed by atoms with van der Waals surface area (Å²) in [5.41, 5.74) is 0.546. The first-order valence-electron chi connectivity index (χ1n) is 7.42. The number of aryl methyl sites for hydroxylation is 1. The predicted molar refractivity (Wildman–Crippen MR) is 82.5 cm³/mol. The third-order valence-electron chi connectivity index (χ3n) is 3.72. The Labute approximate surface area is 129 Å². The van der Waals surface area contributed by atoms with Crippen LogP contribution in [0, 0.1) is 12.7 Å². The first-order valence-corrected chi connectivity index (χ1v) is 7.42. The zero-order valence-corrected chi connectivity index (χ0v) is 12.5. The highest BCUT2D eigenvalue weighted by molar-refractivity contribution is 5.91. The molecular weight excluding hydrogens is 281 g/mol. The molecule has 1 amide bonds. The third-order valence-corrected chi connectivity index (χ3v) is 3.72. The molecule has 1 saturated carbocycles. The van der Waals surface area contributed by atoms with E-state index in [1.54, 1.807) is 29.2 Å². The largest absolute Gasteiger partial charge is 0.462 e. The zero-order chi connectivity index (χ0) is 15.5. The maximum Gasteiger partial charge on any atom is 0.247 e. The molecule has 3 nitrogen and oxygen atoms in total. The lowest BCUT2D eigenvalue weighted by Gasteiger charge is -2.21. The van der Waals surface area contributed by atoms with Crippen LogP contribution >= 0.6 is 0 Å². The topological polar surface area (TPSA) is 33.5 Å². The number of amides is 1. The van der Waals surface area contributed by atoms with Crippen molar-refractivity contribution in [3.63, 3.8) is 0 Å². The fourth-order valence-corrected chi connectivity index (χ4v) is 2.38. The number of benzene rings is 1. The van der Waals surface area contributed by atoms with E-state index < -0.39 is 0 Å². The van der Waals surface area contributed by atoms with E-state index in [4.69, 9.17) is 4.42 Å². The molecule has 1 aliphatic carbocycles. The molecule has 22 heavy (non-hydrogen) atoms. The van der Waals surface area contributed by atoms with Gasteiger partial charge < -0.3 is 9.32 Å². The number of rotatable bonds is 5. The van der Waals surface area contributed by atoms with E-state index in [0.717, 1.165) is 18.6 Å². The molecule has 0 atom stereocenters. The Balaban J connectivity index is 1.72. The lowest BCUT2D eigenvalue weighted by Crippen LogP contribution is -2.31. The van der Waals surface area contributed by atoms with E-state index in [2.05, 4.69) is 0 Å². The number of hydrogen-bond donors (Lipinski definition) is 0. The maximum atomic E-state index is 13.8. The van der Waals surface area contributed by atoms with Crippen LogP contribution in [0.5, 0.6) is 0 Å². The van der Waals surface area contributed by atoms with Crippen LogP contribution in [0.15, 0.2) is 46.9 Å². The van der Waals surface area contributed by atoms with Gasteiger partial charge in [0.2, 0.25) is 5.91 Å². The molecule has 0 unspecified atom stereocenters. The second-order valence-corrected chi connectivity index (χ2v) is 5.57. The summed E-state index contributed by atoms with van der Waals surface area (Å²) in [6.07, 6.45) is 5.12. The Morgan fingerprint density at radius 1 is 1.32 bits per heavy atom. The van der Waals surface area contributed by atoms with Crippen LogP contribution in [0.1, 0.15) is 29.9 Å². The molecule has 1 aliphatic rings. The highest BCUT2D eigenvalue weighted by Crippen LogP contribution is 2.29. The molecule has 114 valence electrons. The molecule has 1 heterocycles. The van der Waals surface area contributed by atoms with Gasteiger partial charge in [-0.15, -0.1) is 0 Å². The smallest absolute Gasteiger partial charge is 0.247 e. The van der Waals surface area contributed by atoms with Gasteiger partial charge in [0.05, 0.1) is 0 Å². The Bertz CT molecular complexity index is 701. The van der Waals surface area contributed by atoms with Gasteiger partial charge in [-0.2, -0.15) is 0 Å². The minimum Gasteiger partial charge on any atom is -0.462 e. The van der Waals surface area contributed by atoms with Gasteiger partial charge in [-0.1, -0.05) is 18.2 Å². The van der Waals surface area contributed by atoms with Gasteiger partial charge in [-0.3, -0.25) is 4.79 Å². The van der Waals surface area contributed by atoms with Gasteiger partial charge >= 0.3 is 0 Å². The molecule has 0 spiro atoms. The molecule has 1 aromatic carbocycles. The predicted octanol–water partition coefficient (Wildman–Crippen LogP) is 3.93. The Kier molecular flexibility index (Phi) is 4.09. The van der Waals surface area contributed by atoms with Gasteiger partial charge in [-0.25, -0.2) is 4.39 Å². The summed E-state index contributed by atoms with van der Waals surface area (Å²) in [6, 6.07) is 10.5. The second kappa shape index (κ2) is 6.18. The van der Waals surface area contributed by atoms with Gasteiger partial charge in [0.25, 0.3) is 0 Å². The van der Waals surface area contributed by atoms with Crippen LogP contribution in [-0.2, 0) is 11.3 Å². The van der Waals surface area contributed by atoms with E-state index in [1.165, 1.54) is 12.1 Å². The van der Waals surface area contributed by atoms with Gasteiger partial charge in [-0.05, 0) is 44.0 Å². The standard InChI is InChI=1S/C18H18FNO2/c1-13-6-9-16(22-13)10-11-18(21)20(15-7-8-15)12-14-4-2-3-5-17(14)19/h2-6,9-11,15H,7-8,12H2,1H3/b11-10+. The highest BCUT2D eigenvalue weighted by atomic mass is 19.1. The summed E-state index contributed by atoms with van der Waals surface area (Å²) in [5, 5.41) is 0. The number of carbonyl (C=O) groups excluding carboxylic acids is 1. The second-order valence-electron chi connectivity index (χ2n) is 5.57. The van der Waals surface area contributed by atoms with Crippen molar-refractivity contribution in [1.29, 1.82) is 0 Å². The van der Waals surface area contributed by atoms with Crippen LogP contribution in [0.3, 0.4) is 0 Å². The Hall–Kier alpha value is -2.36. The Morgan fingerprint density at radius 3 is 2.73 bits per heavy atom. The number of carbonyl (C=O) groups is 1. The fraction of sp³-hybridized carbons (Fsp3) is 0.278. The summed E-state index contributed by atoms with van der Waals surface area (Å²) >= 11 is 0. The Morgan fingerprint density at radius 2 is 2.09 bits per heavy atom. The molecule has 0 aliphatic heterocycles. The van der Waals surface area contributed by atoms with Crippen molar-refractivity contribution in [2.45, 2.75) is 32.4 Å². The number of nitrogens with zero attached hydrogens (tertiary/aromatic N) is 1. The van der Waals surface area contributed by atoms with E-state index in [9.17, 15) is 9.18 Å². The molecule has 0 N–H and O–H groups in total. The maximum absolute atomic E-state index is 13.8. The molecule has 0 bridgehead atoms. The molecule has 1 aromatic heterocycles. The molecule has 1 fully saturated rings. The lowest BCUT2D eigenvalue weighted by atomic mass is 10.2. The van der Waals surface area contributed by atoms with Gasteiger partial charge in [0.15, 0.2) is 0 Å². The molecular formula is C18H18FNO2. The SMILES string of the molecule is Cc1ccc(/C=C/C(=O)N(Cc2ccccc2F)C2CC2)o1. The average Bonchev–Trinajstić information content (AvgIpc) is 3.26. The average molecular weight is 299 g/mol. The summed E-state index contributed by atoms with van der Waals surface area (Å²) in [5.74, 6) is 1.07. The highest BCUT2D eigenvalue weighted by Gasteiger charge is 2.32. The third kappa shape index (κ3) is 3.45. The van der Waals surface area contributed by atoms with E-state index in [1.807, 2.05) is 19.1 Å². The molecule has 2 aromatic rings.